The molecule has 20 heavy (non-hydrogen) atoms. The first kappa shape index (κ1) is 13.9. The number of aromatic nitrogens is 2. The molecule has 1 atom stereocenters. The Balaban J connectivity index is 1.99. The number of rotatable bonds is 5. The van der Waals surface area contributed by atoms with E-state index in [4.69, 9.17) is 5.11 Å². The molecular formula is C14H14FN3O2. The molecule has 2 rings (SSSR count). The molecule has 0 aliphatic carbocycles. The maximum absolute atomic E-state index is 12.8. The number of carbonyl (C=O) groups is 1. The molecule has 0 saturated carbocycles. The molecular weight excluding hydrogens is 261 g/mol. The van der Waals surface area contributed by atoms with Crippen molar-refractivity contribution in [3.05, 3.63) is 53.7 Å². The summed E-state index contributed by atoms with van der Waals surface area (Å²) in [6.07, 6.45) is 2.61. The van der Waals surface area contributed by atoms with Gasteiger partial charge in [0, 0.05) is 24.4 Å². The van der Waals surface area contributed by atoms with E-state index in [1.165, 1.54) is 30.6 Å². The zero-order chi connectivity index (χ0) is 14.5. The Kier molecular flexibility index (Phi) is 4.24. The summed E-state index contributed by atoms with van der Waals surface area (Å²) in [4.78, 5) is 18.9. The van der Waals surface area contributed by atoms with E-state index in [1.807, 2.05) is 6.92 Å². The average molecular weight is 275 g/mol. The van der Waals surface area contributed by atoms with Gasteiger partial charge in [-0.15, -0.1) is 0 Å². The van der Waals surface area contributed by atoms with Gasteiger partial charge in [-0.1, -0.05) is 6.92 Å². The fourth-order valence-corrected chi connectivity index (χ4v) is 1.70. The van der Waals surface area contributed by atoms with E-state index in [-0.39, 0.29) is 17.3 Å². The summed E-state index contributed by atoms with van der Waals surface area (Å²) in [5.41, 5.74) is 0.934. The molecule has 0 aliphatic heterocycles. The van der Waals surface area contributed by atoms with Gasteiger partial charge in [-0.25, -0.2) is 14.2 Å². The zero-order valence-electron chi connectivity index (χ0n) is 10.9. The third kappa shape index (κ3) is 3.50. The molecule has 1 unspecified atom stereocenters. The molecule has 0 aliphatic rings. The van der Waals surface area contributed by atoms with Gasteiger partial charge >= 0.3 is 5.97 Å². The number of hydrogen-bond acceptors (Lipinski definition) is 4. The summed E-state index contributed by atoms with van der Waals surface area (Å²) >= 11 is 0. The fourth-order valence-electron chi connectivity index (χ4n) is 1.70. The lowest BCUT2D eigenvalue weighted by Gasteiger charge is -2.12. The first-order valence-corrected chi connectivity index (χ1v) is 6.11. The van der Waals surface area contributed by atoms with Crippen LogP contribution in [0.5, 0.6) is 0 Å². The monoisotopic (exact) mass is 275 g/mol. The van der Waals surface area contributed by atoms with Crippen molar-refractivity contribution in [1.29, 1.82) is 0 Å². The van der Waals surface area contributed by atoms with Crippen molar-refractivity contribution in [3.63, 3.8) is 0 Å². The van der Waals surface area contributed by atoms with Crippen LogP contribution in [0.2, 0.25) is 0 Å². The molecule has 0 fully saturated rings. The van der Waals surface area contributed by atoms with Crippen LogP contribution in [-0.2, 0) is 0 Å². The lowest BCUT2D eigenvalue weighted by atomic mass is 10.1. The van der Waals surface area contributed by atoms with Gasteiger partial charge in [-0.2, -0.15) is 0 Å². The maximum Gasteiger partial charge on any atom is 0.335 e. The maximum atomic E-state index is 12.8. The van der Waals surface area contributed by atoms with Crippen LogP contribution in [0, 0.1) is 5.82 Å². The molecule has 2 aromatic rings. The molecule has 2 aromatic heterocycles. The largest absolute Gasteiger partial charge is 0.478 e. The molecule has 104 valence electrons. The van der Waals surface area contributed by atoms with Crippen LogP contribution in [0.15, 0.2) is 36.7 Å². The summed E-state index contributed by atoms with van der Waals surface area (Å²) in [5, 5.41) is 11.9. The second-order valence-corrected chi connectivity index (χ2v) is 4.42. The first-order chi connectivity index (χ1) is 9.56. The predicted molar refractivity (Wildman–Crippen MR) is 72.3 cm³/mol. The molecule has 0 spiro atoms. The Morgan fingerprint density at radius 1 is 1.40 bits per heavy atom. The van der Waals surface area contributed by atoms with Crippen LogP contribution in [0.25, 0.3) is 0 Å². The topological polar surface area (TPSA) is 75.1 Å². The molecule has 2 N–H and O–H groups in total. The molecule has 5 nitrogen and oxygen atoms in total. The average Bonchev–Trinajstić information content (AvgIpc) is 2.46. The predicted octanol–water partition coefficient (Wildman–Crippen LogP) is 2.53. The highest BCUT2D eigenvalue weighted by atomic mass is 19.1. The minimum Gasteiger partial charge on any atom is -0.478 e. The highest BCUT2D eigenvalue weighted by molar-refractivity contribution is 5.88. The van der Waals surface area contributed by atoms with Crippen molar-refractivity contribution in [2.75, 3.05) is 11.9 Å². The van der Waals surface area contributed by atoms with Gasteiger partial charge in [0.25, 0.3) is 0 Å². The number of halogens is 1. The summed E-state index contributed by atoms with van der Waals surface area (Å²) in [6.45, 7) is 2.46. The summed E-state index contributed by atoms with van der Waals surface area (Å²) in [5.74, 6) is -0.835. The molecule has 6 heteroatoms. The van der Waals surface area contributed by atoms with Crippen molar-refractivity contribution >= 4 is 11.8 Å². The van der Waals surface area contributed by atoms with Crippen LogP contribution in [0.1, 0.15) is 28.9 Å². The SMILES string of the molecule is CC(CNc1cc(C(=O)O)ccn1)c1ccc(F)cn1. The van der Waals surface area contributed by atoms with E-state index >= 15 is 0 Å². The Morgan fingerprint density at radius 2 is 2.20 bits per heavy atom. The molecule has 0 aromatic carbocycles. The molecule has 0 bridgehead atoms. The molecule has 2 heterocycles. The number of nitrogens with zero attached hydrogens (tertiary/aromatic N) is 2. The van der Waals surface area contributed by atoms with Crippen LogP contribution in [0.4, 0.5) is 10.2 Å². The van der Waals surface area contributed by atoms with Crippen LogP contribution < -0.4 is 5.32 Å². The molecule has 0 saturated heterocycles. The van der Waals surface area contributed by atoms with Crippen molar-refractivity contribution in [2.45, 2.75) is 12.8 Å². The number of hydrogen-bond donors (Lipinski definition) is 2. The van der Waals surface area contributed by atoms with Gasteiger partial charge in [0.1, 0.15) is 11.6 Å². The van der Waals surface area contributed by atoms with Crippen LogP contribution in [0.3, 0.4) is 0 Å². The lowest BCUT2D eigenvalue weighted by molar-refractivity contribution is 0.0697. The fraction of sp³-hybridized carbons (Fsp3) is 0.214. The third-order valence-corrected chi connectivity index (χ3v) is 2.85. The Labute approximate surface area is 115 Å². The van der Waals surface area contributed by atoms with Crippen molar-refractivity contribution in [3.8, 4) is 0 Å². The van der Waals surface area contributed by atoms with Crippen molar-refractivity contribution in [2.24, 2.45) is 0 Å². The highest BCUT2D eigenvalue weighted by Gasteiger charge is 2.09. The molecule has 0 radical (unpaired) electrons. The van der Waals surface area contributed by atoms with Gasteiger partial charge in [0.05, 0.1) is 11.8 Å². The minimum atomic E-state index is -0.997. The zero-order valence-corrected chi connectivity index (χ0v) is 10.9. The summed E-state index contributed by atoms with van der Waals surface area (Å²) in [6, 6.07) is 5.89. The second kappa shape index (κ2) is 6.10. The highest BCUT2D eigenvalue weighted by Crippen LogP contribution is 2.14. The normalized spacial score (nSPS) is 11.9. The standard InChI is InChI=1S/C14H14FN3O2/c1-9(12-3-2-11(15)8-17-12)7-18-13-6-10(14(19)20)4-5-16-13/h2-6,8-9H,7H2,1H3,(H,16,18)(H,19,20). The Morgan fingerprint density at radius 3 is 2.85 bits per heavy atom. The van der Waals surface area contributed by atoms with E-state index in [9.17, 15) is 9.18 Å². The quantitative estimate of drug-likeness (QED) is 0.877. The van der Waals surface area contributed by atoms with Crippen LogP contribution in [-0.4, -0.2) is 27.6 Å². The number of aromatic carboxylic acids is 1. The van der Waals surface area contributed by atoms with Crippen molar-refractivity contribution < 1.29 is 14.3 Å². The Hall–Kier alpha value is -2.50. The second-order valence-electron chi connectivity index (χ2n) is 4.42. The van der Waals surface area contributed by atoms with E-state index < -0.39 is 5.97 Å². The minimum absolute atomic E-state index is 0.0471. The van der Waals surface area contributed by atoms with E-state index in [2.05, 4.69) is 15.3 Å². The Bertz CT molecular complexity index is 602. The number of nitrogens with one attached hydrogen (secondary N) is 1. The van der Waals surface area contributed by atoms with E-state index in [1.54, 1.807) is 6.07 Å². The van der Waals surface area contributed by atoms with Gasteiger partial charge in [0.2, 0.25) is 0 Å². The summed E-state index contributed by atoms with van der Waals surface area (Å²) < 4.78 is 12.8. The van der Waals surface area contributed by atoms with Gasteiger partial charge in [-0.3, -0.25) is 4.98 Å². The molecule has 0 amide bonds. The van der Waals surface area contributed by atoms with Crippen molar-refractivity contribution in [1.82, 2.24) is 9.97 Å². The lowest BCUT2D eigenvalue weighted by Crippen LogP contribution is -2.12. The van der Waals surface area contributed by atoms with Crippen LogP contribution >= 0.6 is 0 Å². The first-order valence-electron chi connectivity index (χ1n) is 6.11. The van der Waals surface area contributed by atoms with Gasteiger partial charge in [-0.05, 0) is 24.3 Å². The number of carboxylic acid groups (broad SMARTS) is 1. The van der Waals surface area contributed by atoms with E-state index in [0.717, 1.165) is 5.69 Å². The smallest absolute Gasteiger partial charge is 0.335 e. The third-order valence-electron chi connectivity index (χ3n) is 2.85. The number of carboxylic acids is 1. The van der Waals surface area contributed by atoms with E-state index in [0.29, 0.717) is 12.4 Å². The number of pyridine rings is 2. The number of anilines is 1. The summed E-state index contributed by atoms with van der Waals surface area (Å²) in [7, 11) is 0. The van der Waals surface area contributed by atoms with Gasteiger partial charge in [0.15, 0.2) is 0 Å². The van der Waals surface area contributed by atoms with Gasteiger partial charge < -0.3 is 10.4 Å².